The topological polar surface area (TPSA) is 76.0 Å². The first-order valence-electron chi connectivity index (χ1n) is 10.6. The molecule has 1 N–H and O–H groups in total. The zero-order valence-corrected chi connectivity index (χ0v) is 18.7. The molecular formula is C24H27N5OS. The molecule has 2 heterocycles. The van der Waals surface area contributed by atoms with Crippen molar-refractivity contribution >= 4 is 28.7 Å². The highest BCUT2D eigenvalue weighted by atomic mass is 32.2. The fourth-order valence-electron chi connectivity index (χ4n) is 4.02. The molecule has 160 valence electrons. The van der Waals surface area contributed by atoms with Gasteiger partial charge in [0.2, 0.25) is 0 Å². The number of aromatic nitrogens is 2. The van der Waals surface area contributed by atoms with Gasteiger partial charge in [-0.3, -0.25) is 9.69 Å². The summed E-state index contributed by atoms with van der Waals surface area (Å²) in [5.41, 5.74) is 3.73. The predicted molar refractivity (Wildman–Crippen MR) is 124 cm³/mol. The van der Waals surface area contributed by atoms with Gasteiger partial charge in [-0.15, -0.1) is 0 Å². The minimum atomic E-state index is -0.0928. The van der Waals surface area contributed by atoms with Crippen LogP contribution in [0.4, 0.5) is 0 Å². The van der Waals surface area contributed by atoms with Crippen molar-refractivity contribution in [2.45, 2.75) is 30.8 Å². The van der Waals surface area contributed by atoms with Crippen molar-refractivity contribution in [3.8, 4) is 6.07 Å². The van der Waals surface area contributed by atoms with E-state index in [0.29, 0.717) is 18.8 Å². The first-order valence-corrected chi connectivity index (χ1v) is 11.6. The Morgan fingerprint density at radius 1 is 1.13 bits per heavy atom. The van der Waals surface area contributed by atoms with Gasteiger partial charge in [0.15, 0.2) is 5.16 Å². The minimum absolute atomic E-state index is 0.0681. The Morgan fingerprint density at radius 2 is 1.84 bits per heavy atom. The van der Waals surface area contributed by atoms with Crippen LogP contribution in [-0.4, -0.2) is 57.9 Å². The predicted octanol–water partition coefficient (Wildman–Crippen LogP) is 4.16. The molecule has 0 saturated carbocycles. The molecule has 1 unspecified atom stereocenters. The number of fused-ring (bicyclic) bond motifs is 1. The third kappa shape index (κ3) is 4.76. The molecule has 1 saturated heterocycles. The van der Waals surface area contributed by atoms with Crippen molar-refractivity contribution < 1.29 is 4.79 Å². The number of amides is 1. The molecule has 31 heavy (non-hydrogen) atoms. The van der Waals surface area contributed by atoms with Crippen molar-refractivity contribution in [1.82, 2.24) is 19.8 Å². The van der Waals surface area contributed by atoms with Crippen LogP contribution in [0.25, 0.3) is 11.0 Å². The Hall–Kier alpha value is -2.82. The number of hydrogen-bond acceptors (Lipinski definition) is 5. The number of para-hydroxylation sites is 2. The number of rotatable bonds is 6. The van der Waals surface area contributed by atoms with E-state index in [1.165, 1.54) is 0 Å². The summed E-state index contributed by atoms with van der Waals surface area (Å²) in [5.74, 6) is 1.02. The summed E-state index contributed by atoms with van der Waals surface area (Å²) < 4.78 is 0. The van der Waals surface area contributed by atoms with E-state index in [9.17, 15) is 10.1 Å². The molecule has 2 aromatic carbocycles. The van der Waals surface area contributed by atoms with Crippen LogP contribution in [0.3, 0.4) is 0 Å². The summed E-state index contributed by atoms with van der Waals surface area (Å²) >= 11 is 1.61. The number of H-pyrrole nitrogens is 1. The molecule has 3 aromatic rings. The summed E-state index contributed by atoms with van der Waals surface area (Å²) in [6.07, 6.45) is 0. The lowest BCUT2D eigenvalue weighted by Crippen LogP contribution is -2.52. The van der Waals surface area contributed by atoms with E-state index in [0.717, 1.165) is 40.4 Å². The molecule has 0 radical (unpaired) electrons. The Labute approximate surface area is 187 Å². The van der Waals surface area contributed by atoms with Crippen LogP contribution in [0, 0.1) is 17.2 Å². The molecule has 1 aliphatic rings. The normalized spacial score (nSPS) is 15.9. The van der Waals surface area contributed by atoms with Gasteiger partial charge in [0.25, 0.3) is 5.91 Å². The molecular weight excluding hydrogens is 406 g/mol. The second-order valence-corrected chi connectivity index (χ2v) is 9.12. The second kappa shape index (κ2) is 9.54. The molecule has 0 spiro atoms. The first kappa shape index (κ1) is 21.4. The molecule has 0 bridgehead atoms. The average molecular weight is 434 g/mol. The lowest BCUT2D eigenvalue weighted by Gasteiger charge is -2.38. The highest BCUT2D eigenvalue weighted by molar-refractivity contribution is 7.98. The Kier molecular flexibility index (Phi) is 6.59. The minimum Gasteiger partial charge on any atom is -0.336 e. The fourth-order valence-corrected chi connectivity index (χ4v) is 4.91. The second-order valence-electron chi connectivity index (χ2n) is 8.15. The van der Waals surface area contributed by atoms with Gasteiger partial charge in [-0.2, -0.15) is 5.26 Å². The molecule has 1 atom stereocenters. The summed E-state index contributed by atoms with van der Waals surface area (Å²) in [7, 11) is 0. The number of aromatic amines is 1. The summed E-state index contributed by atoms with van der Waals surface area (Å²) in [6.45, 7) is 6.91. The third-order valence-electron chi connectivity index (χ3n) is 5.74. The van der Waals surface area contributed by atoms with E-state index in [4.69, 9.17) is 0 Å². The van der Waals surface area contributed by atoms with Crippen LogP contribution < -0.4 is 0 Å². The lowest BCUT2D eigenvalue weighted by molar-refractivity contribution is 0.0576. The van der Waals surface area contributed by atoms with E-state index >= 15 is 0 Å². The Balaban J connectivity index is 1.42. The van der Waals surface area contributed by atoms with Crippen molar-refractivity contribution in [1.29, 1.82) is 5.26 Å². The van der Waals surface area contributed by atoms with Crippen LogP contribution in [0.5, 0.6) is 0 Å². The third-order valence-corrected chi connectivity index (χ3v) is 6.66. The van der Waals surface area contributed by atoms with Crippen LogP contribution in [0.1, 0.15) is 29.8 Å². The van der Waals surface area contributed by atoms with E-state index in [1.807, 2.05) is 53.4 Å². The maximum atomic E-state index is 13.3. The Bertz CT molecular complexity index is 1060. The number of piperazine rings is 1. The highest BCUT2D eigenvalue weighted by Gasteiger charge is 2.28. The monoisotopic (exact) mass is 433 g/mol. The standard InChI is InChI=1S/C24H27N5OS/c1-17(2)22(15-25)28-11-13-29(14-12-28)23(30)19-8-4-3-7-18(19)16-31-24-26-20-9-5-6-10-21(20)27-24/h3-10,17,22H,11-14,16H2,1-2H3,(H,26,27). The quantitative estimate of drug-likeness (QED) is 0.591. The smallest absolute Gasteiger partial charge is 0.254 e. The van der Waals surface area contributed by atoms with Crippen LogP contribution in [-0.2, 0) is 5.75 Å². The Morgan fingerprint density at radius 3 is 2.55 bits per heavy atom. The van der Waals surface area contributed by atoms with Crippen molar-refractivity contribution in [3.63, 3.8) is 0 Å². The largest absolute Gasteiger partial charge is 0.336 e. The van der Waals surface area contributed by atoms with Gasteiger partial charge in [0.05, 0.1) is 17.1 Å². The zero-order valence-electron chi connectivity index (χ0n) is 17.9. The SMILES string of the molecule is CC(C)C(C#N)N1CCN(C(=O)c2ccccc2CSc2nc3ccccc3[nH]2)CC1. The average Bonchev–Trinajstić information content (AvgIpc) is 3.21. The number of thioether (sulfide) groups is 1. The number of nitriles is 1. The maximum Gasteiger partial charge on any atom is 0.254 e. The zero-order chi connectivity index (χ0) is 21.8. The molecule has 0 aliphatic carbocycles. The lowest BCUT2D eigenvalue weighted by atomic mass is 10.0. The van der Waals surface area contributed by atoms with Gasteiger partial charge in [0.1, 0.15) is 6.04 Å². The van der Waals surface area contributed by atoms with Gasteiger partial charge in [0, 0.05) is 37.5 Å². The number of carbonyl (C=O) groups is 1. The summed E-state index contributed by atoms with van der Waals surface area (Å²) in [6, 6.07) is 18.1. The van der Waals surface area contributed by atoms with Gasteiger partial charge in [-0.1, -0.05) is 55.9 Å². The van der Waals surface area contributed by atoms with Crippen molar-refractivity contribution in [3.05, 3.63) is 59.7 Å². The molecule has 1 aromatic heterocycles. The summed E-state index contributed by atoms with van der Waals surface area (Å²) in [4.78, 5) is 25.3. The number of hydrogen-bond donors (Lipinski definition) is 1. The fraction of sp³-hybridized carbons (Fsp3) is 0.375. The first-order chi connectivity index (χ1) is 15.1. The number of nitrogens with zero attached hydrogens (tertiary/aromatic N) is 4. The van der Waals surface area contributed by atoms with Crippen LogP contribution in [0.2, 0.25) is 0 Å². The molecule has 4 rings (SSSR count). The number of nitrogens with one attached hydrogen (secondary N) is 1. The maximum absolute atomic E-state index is 13.3. The van der Waals surface area contributed by atoms with Gasteiger partial charge >= 0.3 is 0 Å². The van der Waals surface area contributed by atoms with Crippen LogP contribution in [0.15, 0.2) is 53.7 Å². The van der Waals surface area contributed by atoms with Crippen molar-refractivity contribution in [2.24, 2.45) is 5.92 Å². The number of imidazole rings is 1. The molecule has 6 nitrogen and oxygen atoms in total. The van der Waals surface area contributed by atoms with E-state index < -0.39 is 0 Å². The molecule has 7 heteroatoms. The van der Waals surface area contributed by atoms with Crippen molar-refractivity contribution in [2.75, 3.05) is 26.2 Å². The highest BCUT2D eigenvalue weighted by Crippen LogP contribution is 2.25. The number of benzene rings is 2. The number of carbonyl (C=O) groups excluding carboxylic acids is 1. The van der Waals surface area contributed by atoms with Crippen LogP contribution >= 0.6 is 11.8 Å². The van der Waals surface area contributed by atoms with Gasteiger partial charge in [-0.05, 0) is 29.7 Å². The van der Waals surface area contributed by atoms with Gasteiger partial charge in [-0.25, -0.2) is 4.98 Å². The molecule has 1 aliphatic heterocycles. The summed E-state index contributed by atoms with van der Waals surface area (Å²) in [5, 5.41) is 10.3. The van der Waals surface area contributed by atoms with Gasteiger partial charge < -0.3 is 9.88 Å². The molecule has 1 fully saturated rings. The molecule has 1 amide bonds. The van der Waals surface area contributed by atoms with E-state index in [-0.39, 0.29) is 17.9 Å². The van der Waals surface area contributed by atoms with E-state index in [2.05, 4.69) is 34.8 Å². The van der Waals surface area contributed by atoms with E-state index in [1.54, 1.807) is 11.8 Å².